The van der Waals surface area contributed by atoms with E-state index in [9.17, 15) is 0 Å². The van der Waals surface area contributed by atoms with Crippen LogP contribution in [0.4, 0.5) is 0 Å². The van der Waals surface area contributed by atoms with Crippen molar-refractivity contribution in [1.29, 1.82) is 0 Å². The van der Waals surface area contributed by atoms with Crippen LogP contribution in [0.15, 0.2) is 71.5 Å². The molecule has 0 radical (unpaired) electrons. The van der Waals surface area contributed by atoms with E-state index in [4.69, 9.17) is 4.98 Å². The van der Waals surface area contributed by atoms with Gasteiger partial charge in [-0.3, -0.25) is 4.40 Å². The summed E-state index contributed by atoms with van der Waals surface area (Å²) in [5, 5.41) is 0. The smallest absolute Gasteiger partial charge is 0.214 e. The van der Waals surface area contributed by atoms with Crippen molar-refractivity contribution in [2.45, 2.75) is 0 Å². The van der Waals surface area contributed by atoms with Crippen LogP contribution in [0.5, 0.6) is 0 Å². The number of fused-ring (bicyclic) bond motifs is 1. The molecule has 4 aromatic rings. The van der Waals surface area contributed by atoms with Crippen LogP contribution in [0.2, 0.25) is 0 Å². The molecule has 22 heavy (non-hydrogen) atoms. The van der Waals surface area contributed by atoms with E-state index in [1.54, 1.807) is 0 Å². The highest BCUT2D eigenvalue weighted by Gasteiger charge is 2.12. The number of imidazole rings is 2. The molecule has 0 unspecified atom stereocenters. The van der Waals surface area contributed by atoms with Gasteiger partial charge in [0.2, 0.25) is 5.78 Å². The van der Waals surface area contributed by atoms with E-state index < -0.39 is 0 Å². The molecule has 0 aliphatic carbocycles. The van der Waals surface area contributed by atoms with Crippen molar-refractivity contribution in [1.82, 2.24) is 14.0 Å². The zero-order valence-electron chi connectivity index (χ0n) is 12.1. The molecule has 3 nitrogen and oxygen atoms in total. The molecular weight excluding hydrogens is 338 g/mol. The molecule has 2 aromatic heterocycles. The van der Waals surface area contributed by atoms with Crippen molar-refractivity contribution >= 4 is 21.7 Å². The van der Waals surface area contributed by atoms with Gasteiger partial charge in [0, 0.05) is 29.5 Å². The van der Waals surface area contributed by atoms with Gasteiger partial charge < -0.3 is 4.57 Å². The molecule has 0 aliphatic rings. The molecule has 4 rings (SSSR count). The second-order valence-corrected chi connectivity index (χ2v) is 6.20. The van der Waals surface area contributed by atoms with Crippen molar-refractivity contribution in [3.63, 3.8) is 0 Å². The molecule has 0 saturated heterocycles. The highest BCUT2D eigenvalue weighted by molar-refractivity contribution is 9.10. The predicted octanol–water partition coefficient (Wildman–Crippen LogP) is 4.77. The Morgan fingerprint density at radius 2 is 1.59 bits per heavy atom. The Hall–Kier alpha value is -2.33. The van der Waals surface area contributed by atoms with Gasteiger partial charge in [0.15, 0.2) is 0 Å². The Balaban J connectivity index is 1.82. The standard InChI is InChI=1S/C18H14BrN3/c1-21-17(14-5-3-2-4-6-14)12-22-11-16(20-18(21)22)13-7-9-15(19)10-8-13/h2-12H,1H3. The molecule has 4 heteroatoms. The van der Waals surface area contributed by atoms with Crippen molar-refractivity contribution in [3.05, 3.63) is 71.5 Å². The second-order valence-electron chi connectivity index (χ2n) is 5.28. The molecule has 2 heterocycles. The number of hydrogen-bond acceptors (Lipinski definition) is 1. The summed E-state index contributed by atoms with van der Waals surface area (Å²) in [6, 6.07) is 18.6. The number of nitrogens with zero attached hydrogens (tertiary/aromatic N) is 3. The van der Waals surface area contributed by atoms with Crippen LogP contribution in [-0.2, 0) is 7.05 Å². The third-order valence-corrected chi connectivity index (χ3v) is 4.37. The Morgan fingerprint density at radius 1 is 0.864 bits per heavy atom. The molecule has 108 valence electrons. The van der Waals surface area contributed by atoms with E-state index in [1.165, 1.54) is 5.56 Å². The molecule has 0 N–H and O–H groups in total. The Bertz CT molecular complexity index is 934. The van der Waals surface area contributed by atoms with E-state index in [2.05, 4.69) is 80.7 Å². The summed E-state index contributed by atoms with van der Waals surface area (Å²) in [5.74, 6) is 0.941. The summed E-state index contributed by atoms with van der Waals surface area (Å²) < 4.78 is 5.28. The average Bonchev–Trinajstić information content (AvgIpc) is 3.09. The summed E-state index contributed by atoms with van der Waals surface area (Å²) in [6.45, 7) is 0. The number of aryl methyl sites for hydroxylation is 1. The fourth-order valence-electron chi connectivity index (χ4n) is 2.69. The highest BCUT2D eigenvalue weighted by Crippen LogP contribution is 2.26. The zero-order valence-corrected chi connectivity index (χ0v) is 13.7. The average molecular weight is 352 g/mol. The van der Waals surface area contributed by atoms with E-state index >= 15 is 0 Å². The first-order chi connectivity index (χ1) is 10.7. The third-order valence-electron chi connectivity index (χ3n) is 3.85. The van der Waals surface area contributed by atoms with Gasteiger partial charge in [-0.25, -0.2) is 4.98 Å². The number of halogens is 1. The number of rotatable bonds is 2. The van der Waals surface area contributed by atoms with Crippen LogP contribution in [-0.4, -0.2) is 14.0 Å². The number of hydrogen-bond donors (Lipinski definition) is 0. The molecule has 0 fully saturated rings. The van der Waals surface area contributed by atoms with Gasteiger partial charge in [-0.05, 0) is 17.7 Å². The first kappa shape index (κ1) is 13.3. The van der Waals surface area contributed by atoms with Gasteiger partial charge >= 0.3 is 0 Å². The van der Waals surface area contributed by atoms with Crippen molar-refractivity contribution in [3.8, 4) is 22.5 Å². The topological polar surface area (TPSA) is 22.2 Å². The quantitative estimate of drug-likeness (QED) is 0.509. The van der Waals surface area contributed by atoms with Crippen LogP contribution in [0.1, 0.15) is 0 Å². The Labute approximate surface area is 137 Å². The van der Waals surface area contributed by atoms with Gasteiger partial charge in [0.1, 0.15) is 0 Å². The lowest BCUT2D eigenvalue weighted by Crippen LogP contribution is -1.92. The first-order valence-corrected chi connectivity index (χ1v) is 7.87. The minimum Gasteiger partial charge on any atom is -0.313 e. The maximum absolute atomic E-state index is 4.77. The molecule has 2 aromatic carbocycles. The van der Waals surface area contributed by atoms with E-state index in [0.29, 0.717) is 0 Å². The van der Waals surface area contributed by atoms with Gasteiger partial charge in [-0.15, -0.1) is 0 Å². The SMILES string of the molecule is Cn1c(-c2ccccc2)cn2cc(-c3ccc(Br)cc3)nc12. The molecule has 0 spiro atoms. The van der Waals surface area contributed by atoms with E-state index in [-0.39, 0.29) is 0 Å². The highest BCUT2D eigenvalue weighted by atomic mass is 79.9. The van der Waals surface area contributed by atoms with E-state index in [1.807, 2.05) is 18.2 Å². The largest absolute Gasteiger partial charge is 0.313 e. The minimum absolute atomic E-state index is 0.941. The third kappa shape index (κ3) is 2.16. The molecule has 0 saturated carbocycles. The summed E-state index contributed by atoms with van der Waals surface area (Å²) in [5.41, 5.74) is 4.46. The lowest BCUT2D eigenvalue weighted by molar-refractivity contribution is 0.945. The van der Waals surface area contributed by atoms with Gasteiger partial charge in [0.25, 0.3) is 0 Å². The Kier molecular flexibility index (Phi) is 3.12. The van der Waals surface area contributed by atoms with Crippen LogP contribution < -0.4 is 0 Å². The molecular formula is C18H14BrN3. The van der Waals surface area contributed by atoms with Gasteiger partial charge in [0.05, 0.1) is 11.4 Å². The molecule has 0 amide bonds. The van der Waals surface area contributed by atoms with Gasteiger partial charge in [-0.2, -0.15) is 0 Å². The summed E-state index contributed by atoms with van der Waals surface area (Å²) in [6.07, 6.45) is 4.20. The maximum Gasteiger partial charge on any atom is 0.214 e. The van der Waals surface area contributed by atoms with Crippen molar-refractivity contribution in [2.75, 3.05) is 0 Å². The molecule has 0 bridgehead atoms. The number of aromatic nitrogens is 3. The fourth-order valence-corrected chi connectivity index (χ4v) is 2.95. The van der Waals surface area contributed by atoms with E-state index in [0.717, 1.165) is 27.2 Å². The minimum atomic E-state index is 0.941. The van der Waals surface area contributed by atoms with Crippen LogP contribution >= 0.6 is 15.9 Å². The number of benzene rings is 2. The summed E-state index contributed by atoms with van der Waals surface area (Å²) in [4.78, 5) is 4.77. The normalized spacial score (nSPS) is 11.2. The van der Waals surface area contributed by atoms with Crippen molar-refractivity contribution < 1.29 is 0 Å². The summed E-state index contributed by atoms with van der Waals surface area (Å²) in [7, 11) is 2.05. The second kappa shape index (κ2) is 5.14. The van der Waals surface area contributed by atoms with Crippen LogP contribution in [0, 0.1) is 0 Å². The van der Waals surface area contributed by atoms with Crippen LogP contribution in [0.3, 0.4) is 0 Å². The Morgan fingerprint density at radius 3 is 2.27 bits per heavy atom. The lowest BCUT2D eigenvalue weighted by atomic mass is 10.2. The fraction of sp³-hybridized carbons (Fsp3) is 0.0556. The lowest BCUT2D eigenvalue weighted by Gasteiger charge is -2.02. The molecule has 0 atom stereocenters. The first-order valence-electron chi connectivity index (χ1n) is 7.08. The predicted molar refractivity (Wildman–Crippen MR) is 92.7 cm³/mol. The molecule has 0 aliphatic heterocycles. The van der Waals surface area contributed by atoms with Crippen molar-refractivity contribution in [2.24, 2.45) is 7.05 Å². The monoisotopic (exact) mass is 351 g/mol. The maximum atomic E-state index is 4.77. The van der Waals surface area contributed by atoms with Gasteiger partial charge in [-0.1, -0.05) is 58.4 Å². The summed E-state index contributed by atoms with van der Waals surface area (Å²) >= 11 is 3.46. The van der Waals surface area contributed by atoms with Crippen LogP contribution in [0.25, 0.3) is 28.3 Å². The zero-order chi connectivity index (χ0) is 15.1.